The number of carbonyl (C=O) groups excluding carboxylic acids is 1. The fourth-order valence-corrected chi connectivity index (χ4v) is 2.81. The van der Waals surface area contributed by atoms with Crippen LogP contribution in [0.4, 0.5) is 5.13 Å². The molecule has 6 heteroatoms. The summed E-state index contributed by atoms with van der Waals surface area (Å²) < 4.78 is 0. The third-order valence-electron chi connectivity index (χ3n) is 1.81. The number of aromatic nitrogens is 2. The topological polar surface area (TPSA) is 54.9 Å². The highest BCUT2D eigenvalue weighted by atomic mass is 32.2. The number of nitrogens with one attached hydrogen (secondary N) is 1. The smallest absolute Gasteiger partial charge is 0.239 e. The second kappa shape index (κ2) is 4.06. The highest BCUT2D eigenvalue weighted by molar-refractivity contribution is 8.00. The van der Waals surface area contributed by atoms with Gasteiger partial charge in [0.1, 0.15) is 5.51 Å². The van der Waals surface area contributed by atoms with E-state index in [4.69, 9.17) is 0 Å². The lowest BCUT2D eigenvalue weighted by Gasteiger charge is -2.05. The Morgan fingerprint density at radius 2 is 2.62 bits per heavy atom. The minimum atomic E-state index is 0.0688. The van der Waals surface area contributed by atoms with E-state index in [1.54, 1.807) is 17.3 Å². The highest BCUT2D eigenvalue weighted by Gasteiger charge is 2.23. The van der Waals surface area contributed by atoms with Gasteiger partial charge in [0.05, 0.1) is 5.25 Å². The molecule has 0 aromatic carbocycles. The first-order chi connectivity index (χ1) is 6.36. The lowest BCUT2D eigenvalue weighted by atomic mass is 10.2. The van der Waals surface area contributed by atoms with Crippen molar-refractivity contribution in [3.63, 3.8) is 0 Å². The molecule has 1 fully saturated rings. The summed E-state index contributed by atoms with van der Waals surface area (Å²) in [6.07, 6.45) is 2.12. The van der Waals surface area contributed by atoms with Gasteiger partial charge in [-0.1, -0.05) is 11.3 Å². The molecule has 0 saturated carbocycles. The molecule has 1 atom stereocenters. The van der Waals surface area contributed by atoms with E-state index in [1.807, 2.05) is 0 Å². The number of carbonyl (C=O) groups is 1. The van der Waals surface area contributed by atoms with Crippen molar-refractivity contribution in [2.75, 3.05) is 11.1 Å². The molecule has 1 amide bonds. The van der Waals surface area contributed by atoms with Crippen LogP contribution in [-0.4, -0.2) is 27.1 Å². The van der Waals surface area contributed by atoms with Gasteiger partial charge in [0.15, 0.2) is 0 Å². The van der Waals surface area contributed by atoms with Crippen molar-refractivity contribution < 1.29 is 4.79 Å². The zero-order valence-corrected chi connectivity index (χ0v) is 8.53. The fraction of sp³-hybridized carbons (Fsp3) is 0.571. The van der Waals surface area contributed by atoms with E-state index in [2.05, 4.69) is 15.5 Å². The van der Waals surface area contributed by atoms with Crippen molar-refractivity contribution in [2.45, 2.75) is 18.1 Å². The molecular weight excluding hydrogens is 206 g/mol. The molecule has 1 aliphatic heterocycles. The van der Waals surface area contributed by atoms with Crippen LogP contribution in [0.2, 0.25) is 0 Å². The molecule has 1 unspecified atom stereocenters. The molecule has 0 radical (unpaired) electrons. The van der Waals surface area contributed by atoms with Crippen molar-refractivity contribution in [3.05, 3.63) is 5.51 Å². The van der Waals surface area contributed by atoms with E-state index in [1.165, 1.54) is 11.3 Å². The molecule has 2 rings (SSSR count). The van der Waals surface area contributed by atoms with Crippen LogP contribution in [-0.2, 0) is 4.79 Å². The van der Waals surface area contributed by atoms with Crippen molar-refractivity contribution in [1.29, 1.82) is 0 Å². The van der Waals surface area contributed by atoms with E-state index in [-0.39, 0.29) is 11.2 Å². The van der Waals surface area contributed by atoms with Gasteiger partial charge >= 0.3 is 0 Å². The van der Waals surface area contributed by atoms with Gasteiger partial charge in [-0.15, -0.1) is 22.0 Å². The number of thioether (sulfide) groups is 1. The number of amides is 1. The summed E-state index contributed by atoms with van der Waals surface area (Å²) in [5.74, 6) is 1.16. The van der Waals surface area contributed by atoms with E-state index in [0.29, 0.717) is 5.13 Å². The third-order valence-corrected chi connectivity index (χ3v) is 3.80. The quantitative estimate of drug-likeness (QED) is 0.809. The van der Waals surface area contributed by atoms with Crippen molar-refractivity contribution in [2.24, 2.45) is 0 Å². The van der Waals surface area contributed by atoms with Crippen LogP contribution < -0.4 is 5.32 Å². The van der Waals surface area contributed by atoms with Crippen molar-refractivity contribution in [1.82, 2.24) is 10.2 Å². The largest absolute Gasteiger partial charge is 0.300 e. The number of rotatable bonds is 2. The lowest BCUT2D eigenvalue weighted by Crippen LogP contribution is -2.22. The predicted octanol–water partition coefficient (Wildman–Crippen LogP) is 1.37. The molecule has 1 saturated heterocycles. The Labute approximate surface area is 84.1 Å². The molecule has 2 heterocycles. The van der Waals surface area contributed by atoms with Crippen molar-refractivity contribution >= 4 is 34.1 Å². The summed E-state index contributed by atoms with van der Waals surface area (Å²) >= 11 is 3.06. The van der Waals surface area contributed by atoms with Gasteiger partial charge in [-0.2, -0.15) is 0 Å². The Bertz CT molecular complexity index is 282. The number of anilines is 1. The maximum absolute atomic E-state index is 11.5. The van der Waals surface area contributed by atoms with Gasteiger partial charge < -0.3 is 0 Å². The SMILES string of the molecule is O=C(Nc1nncs1)C1CCCS1. The maximum atomic E-state index is 11.5. The normalized spacial score (nSPS) is 21.7. The van der Waals surface area contributed by atoms with E-state index < -0.39 is 0 Å². The summed E-state index contributed by atoms with van der Waals surface area (Å²) in [5, 5.41) is 10.9. The molecule has 1 aliphatic rings. The average molecular weight is 215 g/mol. The van der Waals surface area contributed by atoms with Gasteiger partial charge in [0.25, 0.3) is 0 Å². The van der Waals surface area contributed by atoms with Crippen LogP contribution >= 0.6 is 23.1 Å². The maximum Gasteiger partial charge on any atom is 0.239 e. The number of nitrogens with zero attached hydrogens (tertiary/aromatic N) is 2. The monoisotopic (exact) mass is 215 g/mol. The first-order valence-corrected chi connectivity index (χ1v) is 5.98. The molecule has 0 bridgehead atoms. The first-order valence-electron chi connectivity index (χ1n) is 4.05. The Morgan fingerprint density at radius 1 is 1.69 bits per heavy atom. The van der Waals surface area contributed by atoms with Gasteiger partial charge in [-0.25, -0.2) is 0 Å². The van der Waals surface area contributed by atoms with E-state index in [9.17, 15) is 4.79 Å². The molecule has 4 nitrogen and oxygen atoms in total. The van der Waals surface area contributed by atoms with Crippen LogP contribution in [0.15, 0.2) is 5.51 Å². The number of hydrogen-bond acceptors (Lipinski definition) is 5. The number of hydrogen-bond donors (Lipinski definition) is 1. The summed E-state index contributed by atoms with van der Waals surface area (Å²) in [6, 6.07) is 0. The van der Waals surface area contributed by atoms with Gasteiger partial charge in [0.2, 0.25) is 11.0 Å². The Balaban J connectivity index is 1.91. The molecule has 1 aromatic heterocycles. The van der Waals surface area contributed by atoms with Crippen LogP contribution in [0, 0.1) is 0 Å². The highest BCUT2D eigenvalue weighted by Crippen LogP contribution is 2.27. The Morgan fingerprint density at radius 3 is 3.23 bits per heavy atom. The minimum absolute atomic E-state index is 0.0688. The first kappa shape index (κ1) is 8.96. The molecule has 0 aliphatic carbocycles. The van der Waals surface area contributed by atoms with Crippen LogP contribution in [0.1, 0.15) is 12.8 Å². The standard InChI is InChI=1S/C7H9N3OS2/c11-6(5-2-1-3-12-5)9-7-10-8-4-13-7/h4-5H,1-3H2,(H,9,10,11). The second-order valence-electron chi connectivity index (χ2n) is 2.73. The molecule has 0 spiro atoms. The fourth-order valence-electron chi connectivity index (χ4n) is 1.20. The Kier molecular flexibility index (Phi) is 2.80. The summed E-state index contributed by atoms with van der Waals surface area (Å²) in [7, 11) is 0. The molecule has 1 aromatic rings. The van der Waals surface area contributed by atoms with Crippen LogP contribution in [0.3, 0.4) is 0 Å². The Hall–Kier alpha value is -0.620. The van der Waals surface area contributed by atoms with Gasteiger partial charge in [-0.05, 0) is 18.6 Å². The molecule has 70 valence electrons. The average Bonchev–Trinajstić information content (AvgIpc) is 2.74. The predicted molar refractivity (Wildman–Crippen MR) is 54.0 cm³/mol. The summed E-state index contributed by atoms with van der Waals surface area (Å²) in [6.45, 7) is 0. The summed E-state index contributed by atoms with van der Waals surface area (Å²) in [4.78, 5) is 11.5. The lowest BCUT2D eigenvalue weighted by molar-refractivity contribution is -0.115. The van der Waals surface area contributed by atoms with Gasteiger partial charge in [-0.3, -0.25) is 10.1 Å². The van der Waals surface area contributed by atoms with Gasteiger partial charge in [0, 0.05) is 0 Å². The minimum Gasteiger partial charge on any atom is -0.300 e. The summed E-state index contributed by atoms with van der Waals surface area (Å²) in [5.41, 5.74) is 1.61. The zero-order valence-electron chi connectivity index (χ0n) is 6.90. The zero-order chi connectivity index (χ0) is 9.10. The molecule has 13 heavy (non-hydrogen) atoms. The molecular formula is C7H9N3OS2. The molecule has 1 N–H and O–H groups in total. The van der Waals surface area contributed by atoms with Crippen LogP contribution in [0.5, 0.6) is 0 Å². The van der Waals surface area contributed by atoms with E-state index >= 15 is 0 Å². The van der Waals surface area contributed by atoms with Crippen molar-refractivity contribution in [3.8, 4) is 0 Å². The second-order valence-corrected chi connectivity index (χ2v) is 4.88. The van der Waals surface area contributed by atoms with Crippen LogP contribution in [0.25, 0.3) is 0 Å². The van der Waals surface area contributed by atoms with E-state index in [0.717, 1.165) is 18.6 Å². The third kappa shape index (κ3) is 2.19.